The molecule has 2 aromatic rings. The molecule has 8 nitrogen and oxygen atoms in total. The number of carbonyl (C=O) groups is 2. The molecule has 0 fully saturated rings. The van der Waals surface area contributed by atoms with Gasteiger partial charge in [-0.1, -0.05) is 30.3 Å². The number of hydrogen-bond acceptors (Lipinski definition) is 6. The summed E-state index contributed by atoms with van der Waals surface area (Å²) in [6, 6.07) is 13.1. The second kappa shape index (κ2) is 9.98. The van der Waals surface area contributed by atoms with Crippen molar-refractivity contribution in [3.63, 3.8) is 0 Å². The number of aliphatic hydroxyl groups is 1. The van der Waals surface area contributed by atoms with E-state index < -0.39 is 34.5 Å². The lowest BCUT2D eigenvalue weighted by atomic mass is 10.0. The quantitative estimate of drug-likeness (QED) is 0.389. The minimum atomic E-state index is -1.25. The fourth-order valence-electron chi connectivity index (χ4n) is 2.76. The van der Waals surface area contributed by atoms with Crippen LogP contribution in [0.3, 0.4) is 0 Å². The summed E-state index contributed by atoms with van der Waals surface area (Å²) in [5.74, 6) is -1.23. The molecule has 2 aromatic carbocycles. The zero-order valence-electron chi connectivity index (χ0n) is 17.2. The maximum atomic E-state index is 12.6. The average molecular weight is 414 g/mol. The van der Waals surface area contributed by atoms with E-state index in [1.807, 2.05) is 0 Å². The van der Waals surface area contributed by atoms with Crippen molar-refractivity contribution in [2.75, 3.05) is 0 Å². The first-order chi connectivity index (χ1) is 14.1. The van der Waals surface area contributed by atoms with Crippen LogP contribution in [0.4, 0.5) is 5.69 Å². The Morgan fingerprint density at radius 2 is 1.70 bits per heavy atom. The summed E-state index contributed by atoms with van der Waals surface area (Å²) >= 11 is 0. The van der Waals surface area contributed by atoms with E-state index >= 15 is 0 Å². The van der Waals surface area contributed by atoms with Crippen LogP contribution in [-0.4, -0.2) is 39.7 Å². The van der Waals surface area contributed by atoms with Crippen molar-refractivity contribution < 1.29 is 24.4 Å². The van der Waals surface area contributed by atoms with Crippen LogP contribution in [0.15, 0.2) is 54.6 Å². The first-order valence-corrected chi connectivity index (χ1v) is 9.57. The van der Waals surface area contributed by atoms with Gasteiger partial charge in [0.1, 0.15) is 5.60 Å². The molecule has 1 amide bonds. The zero-order valence-corrected chi connectivity index (χ0v) is 17.2. The lowest BCUT2D eigenvalue weighted by Crippen LogP contribution is -2.51. The number of ether oxygens (including phenoxy) is 1. The fraction of sp³-hybridized carbons (Fsp3) is 0.364. The highest BCUT2D eigenvalue weighted by Gasteiger charge is 2.32. The molecule has 30 heavy (non-hydrogen) atoms. The van der Waals surface area contributed by atoms with Crippen molar-refractivity contribution in [2.45, 2.75) is 51.4 Å². The number of non-ortho nitro benzene ring substituents is 1. The Bertz CT molecular complexity index is 875. The molecule has 0 aliphatic carbocycles. The molecule has 0 aromatic heterocycles. The van der Waals surface area contributed by atoms with E-state index in [1.165, 1.54) is 12.1 Å². The summed E-state index contributed by atoms with van der Waals surface area (Å²) in [7, 11) is 0. The highest BCUT2D eigenvalue weighted by Crippen LogP contribution is 2.16. The van der Waals surface area contributed by atoms with Crippen molar-refractivity contribution in [1.29, 1.82) is 0 Å². The molecule has 2 N–H and O–H groups in total. The molecule has 0 heterocycles. The number of nitro benzene ring substituents is 1. The number of aryl methyl sites for hydroxylation is 1. The second-order valence-electron chi connectivity index (χ2n) is 7.88. The smallest absolute Gasteiger partial charge is 0.331 e. The van der Waals surface area contributed by atoms with Crippen LogP contribution in [0.5, 0.6) is 0 Å². The van der Waals surface area contributed by atoms with Crippen LogP contribution in [0.2, 0.25) is 0 Å². The van der Waals surface area contributed by atoms with Crippen molar-refractivity contribution >= 4 is 17.6 Å². The number of rotatable bonds is 8. The van der Waals surface area contributed by atoms with Crippen LogP contribution < -0.4 is 5.32 Å². The Morgan fingerprint density at radius 1 is 1.10 bits per heavy atom. The number of benzene rings is 2. The first-order valence-electron chi connectivity index (χ1n) is 9.57. The van der Waals surface area contributed by atoms with Gasteiger partial charge in [0.2, 0.25) is 0 Å². The monoisotopic (exact) mass is 414 g/mol. The molecule has 2 rings (SSSR count). The van der Waals surface area contributed by atoms with Gasteiger partial charge in [-0.15, -0.1) is 0 Å². The predicted molar refractivity (Wildman–Crippen MR) is 111 cm³/mol. The van der Waals surface area contributed by atoms with E-state index in [2.05, 4.69) is 5.32 Å². The van der Waals surface area contributed by atoms with Crippen molar-refractivity contribution in [2.24, 2.45) is 0 Å². The molecule has 0 aliphatic heterocycles. The van der Waals surface area contributed by atoms with Gasteiger partial charge in [-0.05, 0) is 51.3 Å². The number of nitrogens with one attached hydrogen (secondary N) is 1. The molecular formula is C22H26N2O6. The van der Waals surface area contributed by atoms with Crippen LogP contribution >= 0.6 is 0 Å². The van der Waals surface area contributed by atoms with Gasteiger partial charge in [-0.3, -0.25) is 14.9 Å². The Morgan fingerprint density at radius 3 is 2.23 bits per heavy atom. The van der Waals surface area contributed by atoms with E-state index in [-0.39, 0.29) is 12.1 Å². The third kappa shape index (κ3) is 6.97. The van der Waals surface area contributed by atoms with Gasteiger partial charge in [0, 0.05) is 17.7 Å². The molecule has 2 atom stereocenters. The largest absolute Gasteiger partial charge is 0.458 e. The molecule has 0 spiro atoms. The number of amides is 1. The van der Waals surface area contributed by atoms with E-state index in [4.69, 9.17) is 4.74 Å². The highest BCUT2D eigenvalue weighted by atomic mass is 16.6. The molecule has 8 heteroatoms. The summed E-state index contributed by atoms with van der Waals surface area (Å²) in [6.45, 7) is 5.10. The molecule has 0 radical (unpaired) electrons. The maximum Gasteiger partial charge on any atom is 0.331 e. The molecule has 160 valence electrons. The van der Waals surface area contributed by atoms with Gasteiger partial charge < -0.3 is 15.2 Å². The average Bonchev–Trinajstić information content (AvgIpc) is 2.69. The summed E-state index contributed by atoms with van der Waals surface area (Å²) in [5.41, 5.74) is 0.303. The number of nitrogens with zero attached hydrogens (tertiary/aromatic N) is 1. The van der Waals surface area contributed by atoms with Gasteiger partial charge >= 0.3 is 5.97 Å². The Hall–Kier alpha value is -3.26. The summed E-state index contributed by atoms with van der Waals surface area (Å²) in [5, 5.41) is 24.0. The Balaban J connectivity index is 2.10. The first kappa shape index (κ1) is 23.0. The fourth-order valence-corrected chi connectivity index (χ4v) is 2.76. The Kier molecular flexibility index (Phi) is 7.66. The van der Waals surface area contributed by atoms with Gasteiger partial charge in [0.05, 0.1) is 11.0 Å². The van der Waals surface area contributed by atoms with Gasteiger partial charge in [0.25, 0.3) is 11.6 Å². The van der Waals surface area contributed by atoms with Crippen molar-refractivity contribution in [3.8, 4) is 0 Å². The number of hydrogen-bond donors (Lipinski definition) is 2. The van der Waals surface area contributed by atoms with E-state index in [0.29, 0.717) is 12.0 Å². The van der Waals surface area contributed by atoms with Gasteiger partial charge in [0.15, 0.2) is 6.04 Å². The van der Waals surface area contributed by atoms with Crippen LogP contribution in [0.1, 0.15) is 43.1 Å². The van der Waals surface area contributed by atoms with Crippen LogP contribution in [0, 0.1) is 10.1 Å². The summed E-state index contributed by atoms with van der Waals surface area (Å²) < 4.78 is 5.36. The standard InChI is InChI=1S/C22H26N2O6/c1-22(2,3)30-21(27)19(23-20(26)16-7-5-4-6-8-16)18(25)14-11-15-9-12-17(13-10-15)24(28)29/h4-10,12-13,18-19,25H,11,14H2,1-3H3,(H,23,26)/t18-,19-/m0/s1. The summed E-state index contributed by atoms with van der Waals surface area (Å²) in [4.78, 5) is 35.4. The topological polar surface area (TPSA) is 119 Å². The zero-order chi connectivity index (χ0) is 22.3. The number of carbonyl (C=O) groups excluding carboxylic acids is 2. The van der Waals surface area contributed by atoms with Crippen molar-refractivity contribution in [3.05, 3.63) is 75.8 Å². The summed E-state index contributed by atoms with van der Waals surface area (Å²) in [6.07, 6.45) is -0.695. The molecule has 0 bridgehead atoms. The van der Waals surface area contributed by atoms with Crippen molar-refractivity contribution in [1.82, 2.24) is 5.32 Å². The number of aliphatic hydroxyl groups excluding tert-OH is 1. The molecule has 0 saturated heterocycles. The van der Waals surface area contributed by atoms with Crippen LogP contribution in [0.25, 0.3) is 0 Å². The highest BCUT2D eigenvalue weighted by molar-refractivity contribution is 5.96. The third-order valence-corrected chi connectivity index (χ3v) is 4.24. The lowest BCUT2D eigenvalue weighted by Gasteiger charge is -2.27. The second-order valence-corrected chi connectivity index (χ2v) is 7.88. The maximum absolute atomic E-state index is 12.6. The molecular weight excluding hydrogens is 388 g/mol. The normalized spacial score (nSPS) is 13.2. The van der Waals surface area contributed by atoms with E-state index in [1.54, 1.807) is 63.2 Å². The SMILES string of the molecule is CC(C)(C)OC(=O)[C@@H](NC(=O)c1ccccc1)[C@@H](O)CCc1ccc([N+](=O)[O-])cc1. The minimum Gasteiger partial charge on any atom is -0.458 e. The van der Waals surface area contributed by atoms with Gasteiger partial charge in [-0.25, -0.2) is 4.79 Å². The molecule has 0 saturated carbocycles. The molecule has 0 unspecified atom stereocenters. The minimum absolute atomic E-state index is 0.0268. The molecule has 0 aliphatic rings. The lowest BCUT2D eigenvalue weighted by molar-refractivity contribution is -0.384. The van der Waals surface area contributed by atoms with Gasteiger partial charge in [-0.2, -0.15) is 0 Å². The third-order valence-electron chi connectivity index (χ3n) is 4.24. The van der Waals surface area contributed by atoms with E-state index in [9.17, 15) is 24.8 Å². The number of nitro groups is 1. The van der Waals surface area contributed by atoms with E-state index in [0.717, 1.165) is 5.56 Å². The Labute approximate surface area is 175 Å². The van der Waals surface area contributed by atoms with Crippen LogP contribution in [-0.2, 0) is 16.0 Å². The predicted octanol–water partition coefficient (Wildman–Crippen LogP) is 3.03. The number of esters is 1.